The fourth-order valence-corrected chi connectivity index (χ4v) is 2.96. The molecule has 0 heterocycles. The number of benzene rings is 2. The smallest absolute Gasteiger partial charge is 0.331 e. The van der Waals surface area contributed by atoms with Crippen LogP contribution in [-0.4, -0.2) is 25.6 Å². The standard InChI is InChI=1S/C20H20BrNO4/c1-14(16-8-4-5-9-17(16)21)22-19(23)13-26-20(24)12-11-15-7-3-6-10-18(15)25-2/h3-12,14H,13H2,1-2H3,(H,22,23)/b12-11+/t14-/m0/s1. The molecule has 0 aliphatic carbocycles. The van der Waals surface area contributed by atoms with Gasteiger partial charge in [-0.3, -0.25) is 4.79 Å². The van der Waals surface area contributed by atoms with Crippen LogP contribution in [0.2, 0.25) is 0 Å². The molecule has 0 unspecified atom stereocenters. The van der Waals surface area contributed by atoms with E-state index < -0.39 is 5.97 Å². The molecular formula is C20H20BrNO4. The summed E-state index contributed by atoms with van der Waals surface area (Å²) >= 11 is 3.45. The van der Waals surface area contributed by atoms with Gasteiger partial charge in [-0.25, -0.2) is 4.79 Å². The molecule has 0 saturated heterocycles. The van der Waals surface area contributed by atoms with Crippen molar-refractivity contribution in [2.45, 2.75) is 13.0 Å². The maximum atomic E-state index is 12.0. The summed E-state index contributed by atoms with van der Waals surface area (Å²) in [6.07, 6.45) is 2.85. The van der Waals surface area contributed by atoms with Gasteiger partial charge in [0.25, 0.3) is 5.91 Å². The van der Waals surface area contributed by atoms with Crippen molar-refractivity contribution < 1.29 is 19.1 Å². The van der Waals surface area contributed by atoms with Crippen LogP contribution in [0.25, 0.3) is 6.08 Å². The molecule has 0 spiro atoms. The Labute approximate surface area is 161 Å². The average molecular weight is 418 g/mol. The molecule has 2 aromatic rings. The number of carbonyl (C=O) groups excluding carboxylic acids is 2. The van der Waals surface area contributed by atoms with E-state index in [2.05, 4.69) is 21.2 Å². The minimum Gasteiger partial charge on any atom is -0.496 e. The Morgan fingerprint density at radius 2 is 1.85 bits per heavy atom. The van der Waals surface area contributed by atoms with Crippen molar-refractivity contribution in [1.29, 1.82) is 0 Å². The van der Waals surface area contributed by atoms with Crippen LogP contribution in [-0.2, 0) is 14.3 Å². The molecule has 0 saturated carbocycles. The van der Waals surface area contributed by atoms with Gasteiger partial charge in [0, 0.05) is 16.1 Å². The Morgan fingerprint density at radius 3 is 2.58 bits per heavy atom. The number of hydrogen-bond donors (Lipinski definition) is 1. The second-order valence-corrected chi connectivity index (χ2v) is 6.35. The van der Waals surface area contributed by atoms with Crippen LogP contribution in [0.3, 0.4) is 0 Å². The molecule has 136 valence electrons. The number of nitrogens with one attached hydrogen (secondary N) is 1. The maximum absolute atomic E-state index is 12.0. The number of hydrogen-bond acceptors (Lipinski definition) is 4. The van der Waals surface area contributed by atoms with Crippen LogP contribution in [0.15, 0.2) is 59.1 Å². The maximum Gasteiger partial charge on any atom is 0.331 e. The third-order valence-corrected chi connectivity index (χ3v) is 4.35. The third kappa shape index (κ3) is 5.74. The van der Waals surface area contributed by atoms with Crippen LogP contribution in [0.4, 0.5) is 0 Å². The molecule has 1 N–H and O–H groups in total. The van der Waals surface area contributed by atoms with E-state index in [1.54, 1.807) is 19.3 Å². The van der Waals surface area contributed by atoms with E-state index in [1.807, 2.05) is 49.4 Å². The van der Waals surface area contributed by atoms with Gasteiger partial charge >= 0.3 is 5.97 Å². The molecule has 2 rings (SSSR count). The van der Waals surface area contributed by atoms with Gasteiger partial charge in [0.1, 0.15) is 5.75 Å². The van der Waals surface area contributed by atoms with Gasteiger partial charge < -0.3 is 14.8 Å². The summed E-state index contributed by atoms with van der Waals surface area (Å²) in [5.74, 6) is -0.316. The highest BCUT2D eigenvalue weighted by Crippen LogP contribution is 2.22. The number of esters is 1. The minimum absolute atomic E-state index is 0.208. The van der Waals surface area contributed by atoms with Crippen molar-refractivity contribution in [3.05, 3.63) is 70.2 Å². The fourth-order valence-electron chi connectivity index (χ4n) is 2.33. The predicted molar refractivity (Wildman–Crippen MR) is 104 cm³/mol. The highest BCUT2D eigenvalue weighted by molar-refractivity contribution is 9.10. The first kappa shape index (κ1) is 19.7. The molecule has 0 radical (unpaired) electrons. The van der Waals surface area contributed by atoms with E-state index in [0.29, 0.717) is 5.75 Å². The highest BCUT2D eigenvalue weighted by atomic mass is 79.9. The average Bonchev–Trinajstić information content (AvgIpc) is 2.65. The first-order valence-corrected chi connectivity index (χ1v) is 8.82. The summed E-state index contributed by atoms with van der Waals surface area (Å²) in [6, 6.07) is 14.7. The Hall–Kier alpha value is -2.60. The molecule has 0 aliphatic rings. The van der Waals surface area contributed by atoms with E-state index in [1.165, 1.54) is 6.08 Å². The minimum atomic E-state index is -0.598. The van der Waals surface area contributed by atoms with Gasteiger partial charge in [0.2, 0.25) is 0 Å². The van der Waals surface area contributed by atoms with E-state index in [9.17, 15) is 9.59 Å². The molecule has 1 atom stereocenters. The zero-order chi connectivity index (χ0) is 18.9. The molecule has 0 fully saturated rings. The fraction of sp³-hybridized carbons (Fsp3) is 0.200. The number of halogens is 1. The molecule has 0 aliphatic heterocycles. The quantitative estimate of drug-likeness (QED) is 0.548. The van der Waals surface area contributed by atoms with E-state index in [4.69, 9.17) is 9.47 Å². The van der Waals surface area contributed by atoms with Crippen molar-refractivity contribution in [3.63, 3.8) is 0 Å². The van der Waals surface area contributed by atoms with E-state index in [-0.39, 0.29) is 18.6 Å². The monoisotopic (exact) mass is 417 g/mol. The number of carbonyl (C=O) groups is 2. The number of rotatable bonds is 7. The second kappa shape index (κ2) is 9.77. The molecular weight excluding hydrogens is 398 g/mol. The molecule has 1 amide bonds. The zero-order valence-corrected chi connectivity index (χ0v) is 16.2. The Bertz CT molecular complexity index is 804. The van der Waals surface area contributed by atoms with Crippen molar-refractivity contribution >= 4 is 33.9 Å². The van der Waals surface area contributed by atoms with Crippen molar-refractivity contribution in [2.75, 3.05) is 13.7 Å². The van der Waals surface area contributed by atoms with Crippen LogP contribution >= 0.6 is 15.9 Å². The summed E-state index contributed by atoms with van der Waals surface area (Å²) < 4.78 is 11.1. The number of methoxy groups -OCH3 is 1. The molecule has 0 bridgehead atoms. The second-order valence-electron chi connectivity index (χ2n) is 5.49. The number of para-hydroxylation sites is 1. The Balaban J connectivity index is 1.84. The van der Waals surface area contributed by atoms with Crippen LogP contribution < -0.4 is 10.1 Å². The SMILES string of the molecule is COc1ccccc1/C=C/C(=O)OCC(=O)N[C@@H](C)c1ccccc1Br. The normalized spacial score (nSPS) is 11.8. The Kier molecular flexibility index (Phi) is 7.41. The largest absolute Gasteiger partial charge is 0.496 e. The van der Waals surface area contributed by atoms with Gasteiger partial charge in [0.05, 0.1) is 13.2 Å². The first-order valence-electron chi connectivity index (χ1n) is 8.03. The Morgan fingerprint density at radius 1 is 1.15 bits per heavy atom. The molecule has 26 heavy (non-hydrogen) atoms. The summed E-state index contributed by atoms with van der Waals surface area (Å²) in [5.41, 5.74) is 1.70. The lowest BCUT2D eigenvalue weighted by Gasteiger charge is -2.15. The topological polar surface area (TPSA) is 64.6 Å². The van der Waals surface area contributed by atoms with Gasteiger partial charge in [-0.15, -0.1) is 0 Å². The summed E-state index contributed by atoms with van der Waals surface area (Å²) in [4.78, 5) is 23.8. The first-order chi connectivity index (χ1) is 12.5. The molecule has 6 heteroatoms. The third-order valence-electron chi connectivity index (χ3n) is 3.63. The van der Waals surface area contributed by atoms with Crippen LogP contribution in [0, 0.1) is 0 Å². The molecule has 0 aromatic heterocycles. The van der Waals surface area contributed by atoms with Gasteiger partial charge in [-0.1, -0.05) is 52.3 Å². The summed E-state index contributed by atoms with van der Waals surface area (Å²) in [5, 5.41) is 2.79. The van der Waals surface area contributed by atoms with Gasteiger partial charge in [-0.2, -0.15) is 0 Å². The van der Waals surface area contributed by atoms with Crippen molar-refractivity contribution in [1.82, 2.24) is 5.32 Å². The summed E-state index contributed by atoms with van der Waals surface area (Å²) in [6.45, 7) is 1.52. The summed E-state index contributed by atoms with van der Waals surface area (Å²) in [7, 11) is 1.56. The van der Waals surface area contributed by atoms with Gasteiger partial charge in [-0.05, 0) is 30.7 Å². The van der Waals surface area contributed by atoms with E-state index in [0.717, 1.165) is 15.6 Å². The van der Waals surface area contributed by atoms with Crippen molar-refractivity contribution in [3.8, 4) is 5.75 Å². The van der Waals surface area contributed by atoms with Crippen molar-refractivity contribution in [2.24, 2.45) is 0 Å². The van der Waals surface area contributed by atoms with E-state index >= 15 is 0 Å². The zero-order valence-electron chi connectivity index (χ0n) is 14.6. The van der Waals surface area contributed by atoms with Crippen LogP contribution in [0.5, 0.6) is 5.75 Å². The molecule has 5 nitrogen and oxygen atoms in total. The number of ether oxygens (including phenoxy) is 2. The highest BCUT2D eigenvalue weighted by Gasteiger charge is 2.13. The van der Waals surface area contributed by atoms with Gasteiger partial charge in [0.15, 0.2) is 6.61 Å². The lowest BCUT2D eigenvalue weighted by molar-refractivity contribution is -0.144. The van der Waals surface area contributed by atoms with Crippen LogP contribution in [0.1, 0.15) is 24.1 Å². The lowest BCUT2D eigenvalue weighted by atomic mass is 10.1. The predicted octanol–water partition coefficient (Wildman–Crippen LogP) is 3.89. The molecule has 2 aromatic carbocycles. The number of amides is 1. The lowest BCUT2D eigenvalue weighted by Crippen LogP contribution is -2.31.